The third kappa shape index (κ3) is 4.17. The van der Waals surface area contributed by atoms with Gasteiger partial charge < -0.3 is 10.1 Å². The predicted molar refractivity (Wildman–Crippen MR) is 63.3 cm³/mol. The van der Waals surface area contributed by atoms with Gasteiger partial charge in [-0.05, 0) is 43.2 Å². The molecule has 1 aromatic rings. The Hall–Kier alpha value is -1.28. The Morgan fingerprint density at radius 3 is 2.80 bits per heavy atom. The van der Waals surface area contributed by atoms with E-state index < -0.39 is 0 Å². The van der Waals surface area contributed by atoms with Gasteiger partial charge in [-0.2, -0.15) is 0 Å². The molecule has 0 aliphatic carbocycles. The lowest BCUT2D eigenvalue weighted by Crippen LogP contribution is -2.85. The summed E-state index contributed by atoms with van der Waals surface area (Å²) in [6.45, 7) is 10.5. The van der Waals surface area contributed by atoms with Crippen molar-refractivity contribution in [1.82, 2.24) is 0 Å². The first-order chi connectivity index (χ1) is 7.24. The summed E-state index contributed by atoms with van der Waals surface area (Å²) in [4.78, 5) is 0. The van der Waals surface area contributed by atoms with E-state index in [0.29, 0.717) is 0 Å². The highest BCUT2D eigenvalue weighted by Gasteiger charge is 1.97. The number of hydrogen-bond donors (Lipinski definition) is 1. The minimum Gasteiger partial charge on any atom is -0.488 e. The maximum Gasteiger partial charge on any atom is 0.137 e. The van der Waals surface area contributed by atoms with Crippen LogP contribution < -0.4 is 10.1 Å². The van der Waals surface area contributed by atoms with Gasteiger partial charge in [-0.1, -0.05) is 12.6 Å². The minimum atomic E-state index is 0.746. The normalized spacial score (nSPS) is 10.0. The van der Waals surface area contributed by atoms with E-state index in [9.17, 15) is 0 Å². The van der Waals surface area contributed by atoms with Crippen molar-refractivity contribution in [3.8, 4) is 5.75 Å². The largest absolute Gasteiger partial charge is 0.488 e. The summed E-state index contributed by atoms with van der Waals surface area (Å²) in [6, 6.07) is 6.21. The summed E-state index contributed by atoms with van der Waals surface area (Å²) in [7, 11) is 0. The smallest absolute Gasteiger partial charge is 0.137 e. The van der Waals surface area contributed by atoms with Gasteiger partial charge in [0.1, 0.15) is 18.9 Å². The molecule has 2 heteroatoms. The lowest BCUT2D eigenvalue weighted by atomic mass is 10.1. The Morgan fingerprint density at radius 2 is 2.13 bits per heavy atom. The van der Waals surface area contributed by atoms with Gasteiger partial charge >= 0.3 is 0 Å². The molecule has 82 valence electrons. The topological polar surface area (TPSA) is 25.8 Å². The van der Waals surface area contributed by atoms with Crippen molar-refractivity contribution < 1.29 is 10.1 Å². The second-order valence-corrected chi connectivity index (χ2v) is 3.70. The van der Waals surface area contributed by atoms with E-state index >= 15 is 0 Å². The Kier molecular flexibility index (Phi) is 4.91. The van der Waals surface area contributed by atoms with Gasteiger partial charge in [0.25, 0.3) is 0 Å². The summed E-state index contributed by atoms with van der Waals surface area (Å²) in [5.41, 5.74) is 2.59. The molecule has 15 heavy (non-hydrogen) atoms. The summed E-state index contributed by atoms with van der Waals surface area (Å²) in [6.07, 6.45) is 1.90. The highest BCUT2D eigenvalue weighted by molar-refractivity contribution is 5.33. The van der Waals surface area contributed by atoms with Gasteiger partial charge in [0.15, 0.2) is 0 Å². The van der Waals surface area contributed by atoms with Crippen LogP contribution in [0.5, 0.6) is 5.75 Å². The monoisotopic (exact) mass is 206 g/mol. The van der Waals surface area contributed by atoms with Gasteiger partial charge in [-0.3, -0.25) is 0 Å². The number of quaternary nitrogens is 1. The number of ether oxygens (including phenoxy) is 1. The highest BCUT2D eigenvalue weighted by atomic mass is 16.5. The minimum absolute atomic E-state index is 0.746. The molecule has 0 spiro atoms. The Bertz CT molecular complexity index is 320. The van der Waals surface area contributed by atoms with Crippen molar-refractivity contribution in [2.24, 2.45) is 0 Å². The van der Waals surface area contributed by atoms with E-state index in [1.54, 1.807) is 0 Å². The zero-order chi connectivity index (χ0) is 11.1. The van der Waals surface area contributed by atoms with Crippen LogP contribution in [0, 0.1) is 13.8 Å². The average Bonchev–Trinajstić information content (AvgIpc) is 2.23. The average molecular weight is 206 g/mol. The molecule has 0 radical (unpaired) electrons. The maximum absolute atomic E-state index is 5.62. The van der Waals surface area contributed by atoms with Crippen LogP contribution in [0.25, 0.3) is 0 Å². The summed E-state index contributed by atoms with van der Waals surface area (Å²) in [5, 5.41) is 2.17. The molecular formula is C13H20NO+. The van der Waals surface area contributed by atoms with Crippen LogP contribution >= 0.6 is 0 Å². The molecule has 0 saturated heterocycles. The second kappa shape index (κ2) is 6.25. The zero-order valence-corrected chi connectivity index (χ0v) is 9.62. The lowest BCUT2D eigenvalue weighted by Gasteiger charge is -2.07. The Morgan fingerprint density at radius 1 is 1.33 bits per heavy atom. The third-order valence-electron chi connectivity index (χ3n) is 2.40. The summed E-state index contributed by atoms with van der Waals surface area (Å²) in [5.74, 6) is 0.963. The standard InChI is InChI=1S/C13H19NO/c1-4-7-14-8-9-15-13-6-5-11(2)12(3)10-13/h4-6,10,14H,1,7-9H2,2-3H3/p+1. The molecule has 0 atom stereocenters. The van der Waals surface area contributed by atoms with Crippen molar-refractivity contribution in [2.75, 3.05) is 19.7 Å². The molecular weight excluding hydrogens is 186 g/mol. The fourth-order valence-corrected chi connectivity index (χ4v) is 1.30. The van der Waals surface area contributed by atoms with Crippen LogP contribution in [0.2, 0.25) is 0 Å². The third-order valence-corrected chi connectivity index (χ3v) is 2.40. The molecule has 0 aliphatic heterocycles. The van der Waals surface area contributed by atoms with E-state index in [-0.39, 0.29) is 0 Å². The first-order valence-corrected chi connectivity index (χ1v) is 5.36. The van der Waals surface area contributed by atoms with Crippen molar-refractivity contribution in [2.45, 2.75) is 13.8 Å². The molecule has 0 saturated carbocycles. The molecule has 2 N–H and O–H groups in total. The molecule has 1 rings (SSSR count). The van der Waals surface area contributed by atoms with Crippen molar-refractivity contribution in [1.29, 1.82) is 0 Å². The van der Waals surface area contributed by atoms with E-state index in [2.05, 4.69) is 37.9 Å². The fourth-order valence-electron chi connectivity index (χ4n) is 1.30. The van der Waals surface area contributed by atoms with E-state index in [1.165, 1.54) is 11.1 Å². The van der Waals surface area contributed by atoms with Crippen LogP contribution in [0.4, 0.5) is 0 Å². The number of aryl methyl sites for hydroxylation is 2. The maximum atomic E-state index is 5.62. The van der Waals surface area contributed by atoms with E-state index in [1.807, 2.05) is 12.1 Å². The van der Waals surface area contributed by atoms with Crippen LogP contribution in [-0.2, 0) is 0 Å². The van der Waals surface area contributed by atoms with Gasteiger partial charge in [-0.25, -0.2) is 0 Å². The first-order valence-electron chi connectivity index (χ1n) is 5.36. The molecule has 0 aromatic heterocycles. The molecule has 0 bridgehead atoms. The van der Waals surface area contributed by atoms with Crippen LogP contribution in [0.3, 0.4) is 0 Å². The SMILES string of the molecule is C=CC[NH2+]CCOc1ccc(C)c(C)c1. The van der Waals surface area contributed by atoms with Crippen molar-refractivity contribution in [3.05, 3.63) is 42.0 Å². The highest BCUT2D eigenvalue weighted by Crippen LogP contribution is 2.15. The summed E-state index contributed by atoms with van der Waals surface area (Å²) < 4.78 is 5.62. The van der Waals surface area contributed by atoms with E-state index in [4.69, 9.17) is 4.74 Å². The van der Waals surface area contributed by atoms with Gasteiger partial charge in [0.2, 0.25) is 0 Å². The first kappa shape index (κ1) is 11.8. The lowest BCUT2D eigenvalue weighted by molar-refractivity contribution is -0.646. The number of benzene rings is 1. The van der Waals surface area contributed by atoms with Gasteiger partial charge in [0, 0.05) is 0 Å². The second-order valence-electron chi connectivity index (χ2n) is 3.70. The zero-order valence-electron chi connectivity index (χ0n) is 9.62. The van der Waals surface area contributed by atoms with Crippen LogP contribution in [0.15, 0.2) is 30.9 Å². The van der Waals surface area contributed by atoms with Gasteiger partial charge in [-0.15, -0.1) is 0 Å². The van der Waals surface area contributed by atoms with E-state index in [0.717, 1.165) is 25.4 Å². The van der Waals surface area contributed by atoms with Gasteiger partial charge in [0.05, 0.1) is 6.54 Å². The Balaban J connectivity index is 2.31. The quantitative estimate of drug-likeness (QED) is 0.553. The predicted octanol–water partition coefficient (Wildman–Crippen LogP) is 1.43. The summed E-state index contributed by atoms with van der Waals surface area (Å²) >= 11 is 0. The fraction of sp³-hybridized carbons (Fsp3) is 0.385. The number of nitrogens with two attached hydrogens (primary N) is 1. The molecule has 0 aliphatic rings. The van der Waals surface area contributed by atoms with Crippen molar-refractivity contribution >= 4 is 0 Å². The van der Waals surface area contributed by atoms with Crippen molar-refractivity contribution in [3.63, 3.8) is 0 Å². The van der Waals surface area contributed by atoms with Crippen LogP contribution in [-0.4, -0.2) is 19.7 Å². The Labute approximate surface area is 92.0 Å². The number of rotatable bonds is 6. The molecule has 1 aromatic carbocycles. The molecule has 0 heterocycles. The van der Waals surface area contributed by atoms with Crippen LogP contribution in [0.1, 0.15) is 11.1 Å². The molecule has 0 amide bonds. The molecule has 0 unspecified atom stereocenters. The number of hydrogen-bond acceptors (Lipinski definition) is 1. The molecule has 2 nitrogen and oxygen atoms in total. The molecule has 0 fully saturated rings.